The first-order valence-electron chi connectivity index (χ1n) is 10.5. The van der Waals surface area contributed by atoms with E-state index in [9.17, 15) is 10.2 Å². The van der Waals surface area contributed by atoms with Crippen LogP contribution >= 0.6 is 0 Å². The SMILES string of the molecule is CCC1(CCCCc2cc(O)cc(O)c2CCCCC2(C)CC2)CC1. The number of aromatic hydroxyl groups is 2. The Hall–Kier alpha value is -1.18. The smallest absolute Gasteiger partial charge is 0.122 e. The maximum atomic E-state index is 10.3. The highest BCUT2D eigenvalue weighted by molar-refractivity contribution is 5.45. The van der Waals surface area contributed by atoms with E-state index in [0.29, 0.717) is 16.6 Å². The van der Waals surface area contributed by atoms with E-state index < -0.39 is 0 Å². The molecule has 2 N–H and O–H groups in total. The topological polar surface area (TPSA) is 40.5 Å². The third-order valence-electron chi connectivity index (χ3n) is 6.97. The Bertz CT molecular complexity index is 582. The molecule has 2 nitrogen and oxygen atoms in total. The lowest BCUT2D eigenvalue weighted by Gasteiger charge is -2.15. The van der Waals surface area contributed by atoms with Gasteiger partial charge in [0.25, 0.3) is 0 Å². The number of unbranched alkanes of at least 4 members (excludes halogenated alkanes) is 2. The molecule has 0 aromatic heterocycles. The third-order valence-corrected chi connectivity index (χ3v) is 6.97. The van der Waals surface area contributed by atoms with E-state index in [1.165, 1.54) is 63.9 Å². The molecule has 0 aliphatic heterocycles. The van der Waals surface area contributed by atoms with Crippen molar-refractivity contribution in [2.45, 2.75) is 97.3 Å². The van der Waals surface area contributed by atoms with Gasteiger partial charge in [-0.15, -0.1) is 0 Å². The van der Waals surface area contributed by atoms with Crippen molar-refractivity contribution in [3.63, 3.8) is 0 Å². The Balaban J connectivity index is 1.49. The molecule has 2 heteroatoms. The summed E-state index contributed by atoms with van der Waals surface area (Å²) < 4.78 is 0. The second kappa shape index (κ2) is 7.60. The molecule has 2 aliphatic carbocycles. The fraction of sp³-hybridized carbons (Fsp3) is 0.739. The van der Waals surface area contributed by atoms with Gasteiger partial charge in [0.2, 0.25) is 0 Å². The van der Waals surface area contributed by atoms with Crippen molar-refractivity contribution in [3.8, 4) is 11.5 Å². The molecule has 2 saturated carbocycles. The number of aryl methyl sites for hydroxylation is 1. The molecule has 1 aromatic carbocycles. The summed E-state index contributed by atoms with van der Waals surface area (Å²) in [4.78, 5) is 0. The molecule has 0 radical (unpaired) electrons. The van der Waals surface area contributed by atoms with Crippen LogP contribution in [-0.2, 0) is 12.8 Å². The van der Waals surface area contributed by atoms with Crippen LogP contribution in [0, 0.1) is 10.8 Å². The quantitative estimate of drug-likeness (QED) is 0.449. The molecule has 0 unspecified atom stereocenters. The number of hydrogen-bond donors (Lipinski definition) is 2. The maximum Gasteiger partial charge on any atom is 0.122 e. The zero-order chi connectivity index (χ0) is 17.9. The average Bonchev–Trinajstić information content (AvgIpc) is 3.48. The van der Waals surface area contributed by atoms with Gasteiger partial charge < -0.3 is 10.2 Å². The van der Waals surface area contributed by atoms with Gasteiger partial charge in [-0.05, 0) is 92.2 Å². The summed E-state index contributed by atoms with van der Waals surface area (Å²) in [5.74, 6) is 0.494. The van der Waals surface area contributed by atoms with Crippen LogP contribution in [-0.4, -0.2) is 10.2 Å². The standard InChI is InChI=1S/C23H36O2/c1-3-23(14-15-23)11-7-4-8-18-16-19(24)17-21(25)20(18)9-5-6-10-22(2)12-13-22/h16-17,24-25H,3-15H2,1-2H3. The van der Waals surface area contributed by atoms with Crippen molar-refractivity contribution in [3.05, 3.63) is 23.3 Å². The average molecular weight is 345 g/mol. The van der Waals surface area contributed by atoms with E-state index in [1.807, 2.05) is 6.07 Å². The van der Waals surface area contributed by atoms with Gasteiger partial charge in [0.1, 0.15) is 11.5 Å². The molecule has 25 heavy (non-hydrogen) atoms. The molecular formula is C23H36O2. The van der Waals surface area contributed by atoms with Crippen molar-refractivity contribution in [2.24, 2.45) is 10.8 Å². The molecule has 0 heterocycles. The van der Waals surface area contributed by atoms with Crippen LogP contribution in [0.2, 0.25) is 0 Å². The highest BCUT2D eigenvalue weighted by atomic mass is 16.3. The molecule has 0 amide bonds. The van der Waals surface area contributed by atoms with Crippen molar-refractivity contribution >= 4 is 0 Å². The summed E-state index contributed by atoms with van der Waals surface area (Å²) in [7, 11) is 0. The Morgan fingerprint density at radius 2 is 1.56 bits per heavy atom. The molecule has 0 saturated heterocycles. The summed E-state index contributed by atoms with van der Waals surface area (Å²) in [5.41, 5.74) is 3.53. The number of hydrogen-bond acceptors (Lipinski definition) is 2. The Morgan fingerprint density at radius 3 is 2.20 bits per heavy atom. The van der Waals surface area contributed by atoms with Crippen LogP contribution in [0.25, 0.3) is 0 Å². The van der Waals surface area contributed by atoms with Crippen LogP contribution < -0.4 is 0 Å². The van der Waals surface area contributed by atoms with Gasteiger partial charge in [0.15, 0.2) is 0 Å². The largest absolute Gasteiger partial charge is 0.508 e. The molecule has 2 fully saturated rings. The molecule has 0 spiro atoms. The van der Waals surface area contributed by atoms with Crippen LogP contribution in [0.5, 0.6) is 11.5 Å². The Labute approximate surface area is 153 Å². The fourth-order valence-electron chi connectivity index (χ4n) is 4.30. The summed E-state index contributed by atoms with van der Waals surface area (Å²) in [6, 6.07) is 3.39. The van der Waals surface area contributed by atoms with E-state index in [0.717, 1.165) is 36.8 Å². The predicted molar refractivity (Wildman–Crippen MR) is 104 cm³/mol. The number of phenolic OH excluding ortho intramolecular Hbond substituents is 2. The van der Waals surface area contributed by atoms with Gasteiger partial charge >= 0.3 is 0 Å². The molecule has 0 bridgehead atoms. The van der Waals surface area contributed by atoms with Gasteiger partial charge in [-0.2, -0.15) is 0 Å². The fourth-order valence-corrected chi connectivity index (χ4v) is 4.30. The summed E-state index contributed by atoms with van der Waals surface area (Å²) in [6.07, 6.45) is 16.3. The minimum absolute atomic E-state index is 0.203. The molecular weight excluding hydrogens is 308 g/mol. The number of benzene rings is 1. The zero-order valence-corrected chi connectivity index (χ0v) is 16.2. The normalized spacial score (nSPS) is 19.8. The third kappa shape index (κ3) is 5.15. The number of phenols is 2. The Kier molecular flexibility index (Phi) is 5.65. The monoisotopic (exact) mass is 344 g/mol. The molecule has 0 atom stereocenters. The molecule has 3 rings (SSSR count). The van der Waals surface area contributed by atoms with Crippen LogP contribution in [0.3, 0.4) is 0 Å². The molecule has 2 aliphatic rings. The van der Waals surface area contributed by atoms with E-state index in [2.05, 4.69) is 13.8 Å². The maximum absolute atomic E-state index is 10.3. The van der Waals surface area contributed by atoms with Gasteiger partial charge in [-0.3, -0.25) is 0 Å². The summed E-state index contributed by atoms with van der Waals surface area (Å²) >= 11 is 0. The van der Waals surface area contributed by atoms with Crippen molar-refractivity contribution in [1.82, 2.24) is 0 Å². The minimum Gasteiger partial charge on any atom is -0.508 e. The lowest BCUT2D eigenvalue weighted by Crippen LogP contribution is -2.00. The predicted octanol–water partition coefficient (Wildman–Crippen LogP) is 6.51. The van der Waals surface area contributed by atoms with E-state index in [1.54, 1.807) is 0 Å². The first-order chi connectivity index (χ1) is 12.0. The minimum atomic E-state index is 0.203. The second-order valence-corrected chi connectivity index (χ2v) is 9.18. The summed E-state index contributed by atoms with van der Waals surface area (Å²) in [6.45, 7) is 4.71. The molecule has 1 aromatic rings. The second-order valence-electron chi connectivity index (χ2n) is 9.18. The lowest BCUT2D eigenvalue weighted by molar-refractivity contribution is 0.423. The van der Waals surface area contributed by atoms with E-state index in [-0.39, 0.29) is 5.75 Å². The van der Waals surface area contributed by atoms with Crippen molar-refractivity contribution in [2.75, 3.05) is 0 Å². The van der Waals surface area contributed by atoms with Crippen LogP contribution in [0.15, 0.2) is 12.1 Å². The summed E-state index contributed by atoms with van der Waals surface area (Å²) in [5, 5.41) is 20.2. The van der Waals surface area contributed by atoms with Crippen LogP contribution in [0.1, 0.15) is 95.6 Å². The van der Waals surface area contributed by atoms with Crippen molar-refractivity contribution < 1.29 is 10.2 Å². The first kappa shape index (κ1) is 18.6. The highest BCUT2D eigenvalue weighted by Gasteiger charge is 2.39. The van der Waals surface area contributed by atoms with Gasteiger partial charge in [-0.25, -0.2) is 0 Å². The zero-order valence-electron chi connectivity index (χ0n) is 16.2. The van der Waals surface area contributed by atoms with E-state index in [4.69, 9.17) is 0 Å². The lowest BCUT2D eigenvalue weighted by atomic mass is 9.92. The highest BCUT2D eigenvalue weighted by Crippen LogP contribution is 2.52. The van der Waals surface area contributed by atoms with Gasteiger partial charge in [0, 0.05) is 6.07 Å². The van der Waals surface area contributed by atoms with Gasteiger partial charge in [0.05, 0.1) is 0 Å². The molecule has 140 valence electrons. The van der Waals surface area contributed by atoms with Gasteiger partial charge in [-0.1, -0.05) is 33.1 Å². The first-order valence-corrected chi connectivity index (χ1v) is 10.5. The van der Waals surface area contributed by atoms with Crippen LogP contribution in [0.4, 0.5) is 0 Å². The number of rotatable bonds is 11. The van der Waals surface area contributed by atoms with E-state index >= 15 is 0 Å². The van der Waals surface area contributed by atoms with Crippen molar-refractivity contribution in [1.29, 1.82) is 0 Å². The Morgan fingerprint density at radius 1 is 0.880 bits per heavy atom.